The van der Waals surface area contributed by atoms with Crippen molar-refractivity contribution < 1.29 is 0 Å². The average Bonchev–Trinajstić information content (AvgIpc) is 3.10. The highest BCUT2D eigenvalue weighted by molar-refractivity contribution is 7.20. The van der Waals surface area contributed by atoms with Crippen LogP contribution in [0.15, 0.2) is 66.7 Å². The predicted molar refractivity (Wildman–Crippen MR) is 123 cm³/mol. The zero-order valence-corrected chi connectivity index (χ0v) is 16.8. The van der Waals surface area contributed by atoms with E-state index in [0.717, 1.165) is 0 Å². The molecule has 0 nitrogen and oxygen atoms in total. The van der Waals surface area contributed by atoms with Crippen LogP contribution < -0.4 is 0 Å². The van der Waals surface area contributed by atoms with E-state index in [1.807, 2.05) is 11.3 Å². The van der Waals surface area contributed by atoms with Gasteiger partial charge in [-0.15, -0.1) is 11.3 Å². The van der Waals surface area contributed by atoms with Crippen molar-refractivity contribution in [3.8, 4) is 0 Å². The first-order valence-corrected chi connectivity index (χ1v) is 10.8. The Morgan fingerprint density at radius 3 is 2.30 bits per heavy atom. The smallest absolute Gasteiger partial charge is 0.0355 e. The molecule has 27 heavy (non-hydrogen) atoms. The van der Waals surface area contributed by atoms with Crippen LogP contribution in [0, 0.1) is 0 Å². The zero-order valence-electron chi connectivity index (χ0n) is 15.9. The van der Waals surface area contributed by atoms with Gasteiger partial charge in [0.1, 0.15) is 0 Å². The third-order valence-electron chi connectivity index (χ3n) is 5.14. The zero-order chi connectivity index (χ0) is 18.5. The molecule has 1 aromatic heterocycles. The van der Waals surface area contributed by atoms with Crippen LogP contribution in [0.25, 0.3) is 33.0 Å². The van der Waals surface area contributed by atoms with Crippen molar-refractivity contribution in [1.82, 2.24) is 0 Å². The second-order valence-electron chi connectivity index (χ2n) is 7.27. The van der Waals surface area contributed by atoms with Crippen molar-refractivity contribution in [3.63, 3.8) is 0 Å². The lowest BCUT2D eigenvalue weighted by Crippen LogP contribution is -1.85. The van der Waals surface area contributed by atoms with Crippen LogP contribution in [0.2, 0.25) is 0 Å². The molecule has 4 rings (SSSR count). The fourth-order valence-corrected chi connectivity index (χ4v) is 4.56. The number of fused-ring (bicyclic) bond motifs is 2. The van der Waals surface area contributed by atoms with Gasteiger partial charge in [-0.3, -0.25) is 0 Å². The highest BCUT2D eigenvalue weighted by Crippen LogP contribution is 2.31. The Balaban J connectivity index is 1.46. The first-order chi connectivity index (χ1) is 13.3. The molecule has 0 saturated heterocycles. The maximum atomic E-state index is 2.31. The average molecular weight is 371 g/mol. The number of benzene rings is 3. The van der Waals surface area contributed by atoms with Crippen LogP contribution in [0.3, 0.4) is 0 Å². The highest BCUT2D eigenvalue weighted by Gasteiger charge is 2.02. The fourth-order valence-electron chi connectivity index (χ4n) is 3.56. The van der Waals surface area contributed by atoms with Gasteiger partial charge in [-0.25, -0.2) is 0 Å². The summed E-state index contributed by atoms with van der Waals surface area (Å²) < 4.78 is 1.36. The van der Waals surface area contributed by atoms with Gasteiger partial charge >= 0.3 is 0 Å². The van der Waals surface area contributed by atoms with Crippen LogP contribution in [0.4, 0.5) is 0 Å². The normalized spacial score (nSPS) is 11.7. The van der Waals surface area contributed by atoms with Crippen molar-refractivity contribution in [1.29, 1.82) is 0 Å². The maximum Gasteiger partial charge on any atom is 0.0355 e. The Labute approximate surface area is 166 Å². The number of hydrogen-bond donors (Lipinski definition) is 0. The topological polar surface area (TPSA) is 0 Å². The Morgan fingerprint density at radius 1 is 0.741 bits per heavy atom. The molecule has 0 fully saturated rings. The summed E-state index contributed by atoms with van der Waals surface area (Å²) >= 11 is 1.86. The Morgan fingerprint density at radius 2 is 1.52 bits per heavy atom. The second-order valence-corrected chi connectivity index (χ2v) is 8.39. The van der Waals surface area contributed by atoms with Crippen LogP contribution in [-0.2, 0) is 6.42 Å². The summed E-state index contributed by atoms with van der Waals surface area (Å²) in [7, 11) is 0. The number of rotatable bonds is 7. The van der Waals surface area contributed by atoms with Crippen LogP contribution in [0.5, 0.6) is 0 Å². The summed E-state index contributed by atoms with van der Waals surface area (Å²) in [6, 6.07) is 24.5. The SMILES string of the molecule is CCCCCCc1ccc(/C=C/c2cc3cc4ccccc4cc3s2)cc1. The predicted octanol–water partition coefficient (Wildman–Crippen LogP) is 8.35. The van der Waals surface area contributed by atoms with Gasteiger partial charge in [0.25, 0.3) is 0 Å². The molecule has 4 aromatic rings. The lowest BCUT2D eigenvalue weighted by atomic mass is 10.0. The molecule has 1 heterocycles. The minimum absolute atomic E-state index is 1.20. The fraction of sp³-hybridized carbons (Fsp3) is 0.231. The van der Waals surface area contributed by atoms with Crippen molar-refractivity contribution in [2.75, 3.05) is 0 Å². The molecule has 136 valence electrons. The minimum atomic E-state index is 1.20. The third-order valence-corrected chi connectivity index (χ3v) is 6.21. The largest absolute Gasteiger partial charge is 0.136 e. The van der Waals surface area contributed by atoms with Gasteiger partial charge in [0.15, 0.2) is 0 Å². The van der Waals surface area contributed by atoms with Gasteiger partial charge in [0.05, 0.1) is 0 Å². The lowest BCUT2D eigenvalue weighted by molar-refractivity contribution is 0.667. The molecule has 0 aliphatic heterocycles. The van der Waals surface area contributed by atoms with Gasteiger partial charge in [0.2, 0.25) is 0 Å². The molecule has 0 amide bonds. The maximum absolute atomic E-state index is 2.31. The van der Waals surface area contributed by atoms with E-state index in [2.05, 4.69) is 85.8 Å². The quantitative estimate of drug-likeness (QED) is 0.287. The molecular weight excluding hydrogens is 344 g/mol. The summed E-state index contributed by atoms with van der Waals surface area (Å²) in [5, 5.41) is 3.96. The van der Waals surface area contributed by atoms with Crippen LogP contribution in [-0.4, -0.2) is 0 Å². The van der Waals surface area contributed by atoms with Gasteiger partial charge in [-0.1, -0.05) is 80.8 Å². The highest BCUT2D eigenvalue weighted by atomic mass is 32.1. The van der Waals surface area contributed by atoms with Crippen molar-refractivity contribution in [3.05, 3.63) is 82.7 Å². The number of hydrogen-bond acceptors (Lipinski definition) is 1. The van der Waals surface area contributed by atoms with Gasteiger partial charge in [-0.05, 0) is 64.4 Å². The van der Waals surface area contributed by atoms with E-state index in [1.54, 1.807) is 0 Å². The van der Waals surface area contributed by atoms with Gasteiger partial charge in [0, 0.05) is 9.58 Å². The molecule has 0 atom stereocenters. The molecule has 0 aliphatic rings. The standard InChI is InChI=1S/C26H26S/c1-2-3-4-5-8-20-11-13-21(14-12-20)15-16-25-18-24-17-22-9-6-7-10-23(22)19-26(24)27-25/h6-7,9-19H,2-5,8H2,1H3/b16-15+. The summed E-state index contributed by atoms with van der Waals surface area (Å²) in [5.74, 6) is 0. The molecule has 0 N–H and O–H groups in total. The summed E-state index contributed by atoms with van der Waals surface area (Å²) in [4.78, 5) is 1.31. The Kier molecular flexibility index (Phi) is 5.69. The van der Waals surface area contributed by atoms with Crippen molar-refractivity contribution in [2.24, 2.45) is 0 Å². The molecular formula is C26H26S. The lowest BCUT2D eigenvalue weighted by Gasteiger charge is -2.01. The molecule has 0 unspecified atom stereocenters. The molecule has 0 aliphatic carbocycles. The number of unbranched alkanes of at least 4 members (excludes halogenated alkanes) is 3. The summed E-state index contributed by atoms with van der Waals surface area (Å²) in [6.45, 7) is 2.26. The monoisotopic (exact) mass is 370 g/mol. The first-order valence-electron chi connectivity index (χ1n) is 10.0. The summed E-state index contributed by atoms with van der Waals surface area (Å²) in [6.07, 6.45) is 11.0. The summed E-state index contributed by atoms with van der Waals surface area (Å²) in [5.41, 5.74) is 2.73. The minimum Gasteiger partial charge on any atom is -0.136 e. The van der Waals surface area contributed by atoms with Crippen molar-refractivity contribution in [2.45, 2.75) is 39.0 Å². The third kappa shape index (κ3) is 4.48. The van der Waals surface area contributed by atoms with E-state index in [1.165, 1.54) is 69.0 Å². The van der Waals surface area contributed by atoms with E-state index >= 15 is 0 Å². The first kappa shape index (κ1) is 18.0. The second kappa shape index (κ2) is 8.54. The molecule has 1 heteroatoms. The Bertz CT molecular complexity index is 998. The van der Waals surface area contributed by atoms with E-state index < -0.39 is 0 Å². The van der Waals surface area contributed by atoms with E-state index in [4.69, 9.17) is 0 Å². The molecule has 0 bridgehead atoms. The van der Waals surface area contributed by atoms with Crippen LogP contribution >= 0.6 is 11.3 Å². The molecule has 3 aromatic carbocycles. The van der Waals surface area contributed by atoms with Gasteiger partial charge in [-0.2, -0.15) is 0 Å². The van der Waals surface area contributed by atoms with E-state index in [0.29, 0.717) is 0 Å². The van der Waals surface area contributed by atoms with E-state index in [9.17, 15) is 0 Å². The number of aryl methyl sites for hydroxylation is 1. The van der Waals surface area contributed by atoms with Gasteiger partial charge < -0.3 is 0 Å². The Hall–Kier alpha value is -2.38. The van der Waals surface area contributed by atoms with Crippen LogP contribution in [0.1, 0.15) is 48.6 Å². The number of thiophene rings is 1. The molecule has 0 saturated carbocycles. The van der Waals surface area contributed by atoms with E-state index in [-0.39, 0.29) is 0 Å². The molecule has 0 spiro atoms. The van der Waals surface area contributed by atoms with Crippen molar-refractivity contribution >= 4 is 44.3 Å². The molecule has 0 radical (unpaired) electrons.